The summed E-state index contributed by atoms with van der Waals surface area (Å²) in [7, 11) is 0. The SMILES string of the molecule is CCNCc1cc(CN2CCCCC2CC)on1. The van der Waals surface area contributed by atoms with Crippen LogP contribution in [-0.4, -0.2) is 29.2 Å². The molecular weight excluding hydrogens is 226 g/mol. The lowest BCUT2D eigenvalue weighted by Gasteiger charge is -2.34. The Hall–Kier alpha value is -0.870. The normalized spacial score (nSPS) is 21.3. The van der Waals surface area contributed by atoms with Gasteiger partial charge in [-0.2, -0.15) is 0 Å². The Morgan fingerprint density at radius 1 is 1.44 bits per heavy atom. The minimum atomic E-state index is 0.723. The molecule has 1 fully saturated rings. The average molecular weight is 251 g/mol. The topological polar surface area (TPSA) is 41.3 Å². The third-order valence-corrected chi connectivity index (χ3v) is 3.74. The molecule has 18 heavy (non-hydrogen) atoms. The van der Waals surface area contributed by atoms with Gasteiger partial charge in [-0.25, -0.2) is 0 Å². The van der Waals surface area contributed by atoms with E-state index in [-0.39, 0.29) is 0 Å². The molecule has 0 aromatic carbocycles. The first-order valence-corrected chi connectivity index (χ1v) is 7.22. The van der Waals surface area contributed by atoms with E-state index in [1.807, 2.05) is 0 Å². The van der Waals surface area contributed by atoms with E-state index in [2.05, 4.69) is 35.3 Å². The third-order valence-electron chi connectivity index (χ3n) is 3.74. The van der Waals surface area contributed by atoms with Gasteiger partial charge >= 0.3 is 0 Å². The second kappa shape index (κ2) is 6.90. The quantitative estimate of drug-likeness (QED) is 0.843. The molecular formula is C14H25N3O. The minimum Gasteiger partial charge on any atom is -0.360 e. The molecule has 1 aliphatic heterocycles. The van der Waals surface area contributed by atoms with Gasteiger partial charge in [-0.3, -0.25) is 4.90 Å². The highest BCUT2D eigenvalue weighted by Gasteiger charge is 2.22. The Morgan fingerprint density at radius 3 is 3.11 bits per heavy atom. The fourth-order valence-electron chi connectivity index (χ4n) is 2.70. The molecule has 1 atom stereocenters. The van der Waals surface area contributed by atoms with Crippen molar-refractivity contribution in [1.82, 2.24) is 15.4 Å². The largest absolute Gasteiger partial charge is 0.360 e. The Bertz CT molecular complexity index is 351. The van der Waals surface area contributed by atoms with E-state index in [4.69, 9.17) is 4.52 Å². The van der Waals surface area contributed by atoms with Crippen LogP contribution in [0.15, 0.2) is 10.6 Å². The molecule has 0 radical (unpaired) electrons. The Balaban J connectivity index is 1.89. The maximum absolute atomic E-state index is 5.43. The van der Waals surface area contributed by atoms with E-state index in [0.717, 1.165) is 37.1 Å². The van der Waals surface area contributed by atoms with Crippen molar-refractivity contribution in [2.24, 2.45) is 0 Å². The monoisotopic (exact) mass is 251 g/mol. The van der Waals surface area contributed by atoms with Crippen molar-refractivity contribution in [1.29, 1.82) is 0 Å². The van der Waals surface area contributed by atoms with Crippen molar-refractivity contribution >= 4 is 0 Å². The van der Waals surface area contributed by atoms with E-state index < -0.39 is 0 Å². The summed E-state index contributed by atoms with van der Waals surface area (Å²) in [5.74, 6) is 1.00. The second-order valence-corrected chi connectivity index (χ2v) is 5.09. The summed E-state index contributed by atoms with van der Waals surface area (Å²) in [4.78, 5) is 2.54. The van der Waals surface area contributed by atoms with Gasteiger partial charge in [0, 0.05) is 18.7 Å². The molecule has 1 N–H and O–H groups in total. The molecule has 1 aromatic heterocycles. The zero-order valence-corrected chi connectivity index (χ0v) is 11.6. The Labute approximate surface area is 110 Å². The minimum absolute atomic E-state index is 0.723. The maximum Gasteiger partial charge on any atom is 0.151 e. The molecule has 1 unspecified atom stereocenters. The molecule has 1 saturated heterocycles. The predicted molar refractivity (Wildman–Crippen MR) is 72.2 cm³/mol. The summed E-state index contributed by atoms with van der Waals surface area (Å²) in [5, 5.41) is 7.37. The van der Waals surface area contributed by atoms with E-state index in [1.165, 1.54) is 32.2 Å². The van der Waals surface area contributed by atoms with E-state index >= 15 is 0 Å². The van der Waals surface area contributed by atoms with Crippen LogP contribution in [0.1, 0.15) is 51.0 Å². The first-order valence-electron chi connectivity index (χ1n) is 7.22. The number of likely N-dealkylation sites (tertiary alicyclic amines) is 1. The summed E-state index contributed by atoms with van der Waals surface area (Å²) in [6, 6.07) is 2.81. The summed E-state index contributed by atoms with van der Waals surface area (Å²) < 4.78 is 5.43. The fraction of sp³-hybridized carbons (Fsp3) is 0.786. The molecule has 4 heteroatoms. The van der Waals surface area contributed by atoms with Gasteiger partial charge in [0.05, 0.1) is 12.2 Å². The van der Waals surface area contributed by atoms with Crippen molar-refractivity contribution in [3.8, 4) is 0 Å². The van der Waals surface area contributed by atoms with Crippen molar-refractivity contribution < 1.29 is 4.52 Å². The molecule has 0 bridgehead atoms. The van der Waals surface area contributed by atoms with Gasteiger partial charge in [0.2, 0.25) is 0 Å². The molecule has 2 heterocycles. The van der Waals surface area contributed by atoms with E-state index in [0.29, 0.717) is 0 Å². The number of aromatic nitrogens is 1. The maximum atomic E-state index is 5.43. The molecule has 4 nitrogen and oxygen atoms in total. The van der Waals surface area contributed by atoms with Gasteiger partial charge < -0.3 is 9.84 Å². The molecule has 0 spiro atoms. The van der Waals surface area contributed by atoms with Crippen LogP contribution in [0.4, 0.5) is 0 Å². The summed E-state index contributed by atoms with van der Waals surface area (Å²) in [6.07, 6.45) is 5.25. The zero-order chi connectivity index (χ0) is 12.8. The van der Waals surface area contributed by atoms with Crippen LogP contribution in [0.2, 0.25) is 0 Å². The van der Waals surface area contributed by atoms with Crippen LogP contribution >= 0.6 is 0 Å². The molecule has 102 valence electrons. The van der Waals surface area contributed by atoms with E-state index in [1.54, 1.807) is 0 Å². The Morgan fingerprint density at radius 2 is 2.33 bits per heavy atom. The molecule has 1 aliphatic rings. The second-order valence-electron chi connectivity index (χ2n) is 5.09. The van der Waals surface area contributed by atoms with Gasteiger partial charge in [-0.15, -0.1) is 0 Å². The number of rotatable bonds is 6. The lowest BCUT2D eigenvalue weighted by atomic mass is 10.00. The van der Waals surface area contributed by atoms with Crippen LogP contribution < -0.4 is 5.32 Å². The van der Waals surface area contributed by atoms with Crippen LogP contribution in [-0.2, 0) is 13.1 Å². The molecule has 2 rings (SSSR count). The first-order chi connectivity index (χ1) is 8.83. The van der Waals surface area contributed by atoms with Crippen molar-refractivity contribution in [2.45, 2.75) is 58.7 Å². The number of nitrogens with zero attached hydrogens (tertiary/aromatic N) is 2. The van der Waals surface area contributed by atoms with Crippen LogP contribution in [0.5, 0.6) is 0 Å². The van der Waals surface area contributed by atoms with Crippen molar-refractivity contribution in [2.75, 3.05) is 13.1 Å². The van der Waals surface area contributed by atoms with Gasteiger partial charge in [0.1, 0.15) is 0 Å². The summed E-state index contributed by atoms with van der Waals surface area (Å²) in [5.41, 5.74) is 1.01. The molecule has 0 amide bonds. The van der Waals surface area contributed by atoms with E-state index in [9.17, 15) is 0 Å². The lowest BCUT2D eigenvalue weighted by Crippen LogP contribution is -2.38. The smallest absolute Gasteiger partial charge is 0.151 e. The fourth-order valence-corrected chi connectivity index (χ4v) is 2.70. The highest BCUT2D eigenvalue weighted by molar-refractivity contribution is 5.05. The molecule has 0 saturated carbocycles. The van der Waals surface area contributed by atoms with Crippen molar-refractivity contribution in [3.63, 3.8) is 0 Å². The first kappa shape index (κ1) is 13.6. The number of nitrogens with one attached hydrogen (secondary N) is 1. The van der Waals surface area contributed by atoms with Gasteiger partial charge in [-0.1, -0.05) is 25.4 Å². The predicted octanol–water partition coefficient (Wildman–Crippen LogP) is 2.55. The standard InChI is InChI=1S/C14H25N3O/c1-3-13-7-5-6-8-17(13)11-14-9-12(16-18-14)10-15-4-2/h9,13,15H,3-8,10-11H2,1-2H3. The highest BCUT2D eigenvalue weighted by atomic mass is 16.5. The summed E-state index contributed by atoms with van der Waals surface area (Å²) >= 11 is 0. The van der Waals surface area contributed by atoms with Crippen LogP contribution in [0.25, 0.3) is 0 Å². The van der Waals surface area contributed by atoms with Crippen molar-refractivity contribution in [3.05, 3.63) is 17.5 Å². The number of hydrogen-bond donors (Lipinski definition) is 1. The van der Waals surface area contributed by atoms with Crippen LogP contribution in [0, 0.1) is 0 Å². The number of piperidine rings is 1. The molecule has 1 aromatic rings. The summed E-state index contributed by atoms with van der Waals surface area (Å²) in [6.45, 7) is 8.25. The Kier molecular flexibility index (Phi) is 5.20. The molecule has 0 aliphatic carbocycles. The van der Waals surface area contributed by atoms with Gasteiger partial charge in [0.15, 0.2) is 5.76 Å². The lowest BCUT2D eigenvalue weighted by molar-refractivity contribution is 0.123. The average Bonchev–Trinajstić information content (AvgIpc) is 2.84. The number of hydrogen-bond acceptors (Lipinski definition) is 4. The third kappa shape index (κ3) is 3.56. The van der Waals surface area contributed by atoms with Gasteiger partial charge in [-0.05, 0) is 32.4 Å². The zero-order valence-electron chi connectivity index (χ0n) is 11.6. The van der Waals surface area contributed by atoms with Crippen LogP contribution in [0.3, 0.4) is 0 Å². The van der Waals surface area contributed by atoms with Gasteiger partial charge in [0.25, 0.3) is 0 Å². The highest BCUT2D eigenvalue weighted by Crippen LogP contribution is 2.21.